The monoisotopic (exact) mass is 395 g/mol. The van der Waals surface area contributed by atoms with Gasteiger partial charge in [-0.1, -0.05) is 18.0 Å². The van der Waals surface area contributed by atoms with Crippen molar-refractivity contribution in [2.75, 3.05) is 6.54 Å². The highest BCUT2D eigenvalue weighted by Gasteiger charge is 2.30. The summed E-state index contributed by atoms with van der Waals surface area (Å²) in [5.41, 5.74) is 5.69. The summed E-state index contributed by atoms with van der Waals surface area (Å²) in [4.78, 5) is 12.3. The van der Waals surface area contributed by atoms with Crippen LogP contribution in [0.1, 0.15) is 26.2 Å². The molecule has 1 aliphatic carbocycles. The van der Waals surface area contributed by atoms with Gasteiger partial charge in [0, 0.05) is 11.1 Å². The van der Waals surface area contributed by atoms with E-state index in [9.17, 15) is 13.2 Å². The van der Waals surface area contributed by atoms with Gasteiger partial charge in [-0.25, -0.2) is 8.42 Å². The molecule has 0 spiro atoms. The predicted molar refractivity (Wildman–Crippen MR) is 96.8 cm³/mol. The molecule has 0 aromatic heterocycles. The van der Waals surface area contributed by atoms with E-state index in [-0.39, 0.29) is 35.2 Å². The molecule has 3 unspecified atom stereocenters. The summed E-state index contributed by atoms with van der Waals surface area (Å²) in [6, 6.07) is 4.94. The van der Waals surface area contributed by atoms with Gasteiger partial charge in [-0.05, 0) is 56.5 Å². The summed E-state index contributed by atoms with van der Waals surface area (Å²) >= 11 is 5.75. The van der Waals surface area contributed by atoms with Crippen molar-refractivity contribution in [3.63, 3.8) is 0 Å². The maximum Gasteiger partial charge on any atom is 0.241 e. The van der Waals surface area contributed by atoms with Crippen LogP contribution in [0, 0.1) is 5.92 Å². The van der Waals surface area contributed by atoms with Crippen molar-refractivity contribution < 1.29 is 13.2 Å². The standard InChI is InChI=1S/C15H22ClN3O3S.ClH/c1-10(15(20)18-14-4-2-3-11(14)9-17)19-23(21,22)13-7-5-12(16)6-8-13;/h5-8,10-11,14,19H,2-4,9,17H2,1H3,(H,18,20);1H. The molecule has 1 aromatic rings. The van der Waals surface area contributed by atoms with Gasteiger partial charge in [0.05, 0.1) is 10.9 Å². The Balaban J connectivity index is 0.00000288. The summed E-state index contributed by atoms with van der Waals surface area (Å²) in [6.07, 6.45) is 2.90. The molecule has 4 N–H and O–H groups in total. The van der Waals surface area contributed by atoms with Crippen LogP contribution in [0.3, 0.4) is 0 Å². The molecule has 2 rings (SSSR count). The second kappa shape index (κ2) is 9.01. The lowest BCUT2D eigenvalue weighted by Gasteiger charge is -2.22. The average Bonchev–Trinajstić information content (AvgIpc) is 2.94. The van der Waals surface area contributed by atoms with Crippen LogP contribution in [0.25, 0.3) is 0 Å². The van der Waals surface area contributed by atoms with Crippen molar-refractivity contribution in [2.45, 2.75) is 43.2 Å². The van der Waals surface area contributed by atoms with Crippen molar-refractivity contribution in [3.8, 4) is 0 Å². The first kappa shape index (κ1) is 21.2. The Morgan fingerprint density at radius 2 is 1.96 bits per heavy atom. The maximum absolute atomic E-state index is 12.3. The van der Waals surface area contributed by atoms with Crippen LogP contribution in [-0.2, 0) is 14.8 Å². The highest BCUT2D eigenvalue weighted by molar-refractivity contribution is 7.89. The number of halogens is 2. The summed E-state index contributed by atoms with van der Waals surface area (Å²) in [6.45, 7) is 2.05. The van der Waals surface area contributed by atoms with Crippen LogP contribution in [0.15, 0.2) is 29.2 Å². The van der Waals surface area contributed by atoms with Crippen LogP contribution in [-0.4, -0.2) is 33.0 Å². The van der Waals surface area contributed by atoms with Crippen LogP contribution >= 0.6 is 24.0 Å². The molecular weight excluding hydrogens is 373 g/mol. The van der Waals surface area contributed by atoms with Crippen LogP contribution in [0.5, 0.6) is 0 Å². The number of rotatable bonds is 6. The molecule has 136 valence electrons. The minimum atomic E-state index is -3.77. The fraction of sp³-hybridized carbons (Fsp3) is 0.533. The van der Waals surface area contributed by atoms with E-state index in [1.807, 2.05) is 0 Å². The zero-order chi connectivity index (χ0) is 17.0. The van der Waals surface area contributed by atoms with Gasteiger partial charge in [-0.3, -0.25) is 4.79 Å². The van der Waals surface area contributed by atoms with Crippen molar-refractivity contribution in [1.82, 2.24) is 10.0 Å². The lowest BCUT2D eigenvalue weighted by molar-refractivity contribution is -0.123. The molecule has 0 bridgehead atoms. The van der Waals surface area contributed by atoms with Gasteiger partial charge in [0.1, 0.15) is 0 Å². The number of hydrogen-bond donors (Lipinski definition) is 3. The third kappa shape index (κ3) is 5.32. The minimum Gasteiger partial charge on any atom is -0.352 e. The van der Waals surface area contributed by atoms with Crippen molar-refractivity contribution in [3.05, 3.63) is 29.3 Å². The number of carbonyl (C=O) groups is 1. The summed E-state index contributed by atoms with van der Waals surface area (Å²) < 4.78 is 26.9. The predicted octanol–water partition coefficient (Wildman–Crippen LogP) is 1.67. The van der Waals surface area contributed by atoms with E-state index >= 15 is 0 Å². The van der Waals surface area contributed by atoms with E-state index in [0.717, 1.165) is 19.3 Å². The maximum atomic E-state index is 12.3. The zero-order valence-corrected chi connectivity index (χ0v) is 15.8. The van der Waals surface area contributed by atoms with Gasteiger partial charge in [0.2, 0.25) is 15.9 Å². The molecule has 1 amide bonds. The van der Waals surface area contributed by atoms with Gasteiger partial charge in [-0.15, -0.1) is 12.4 Å². The molecule has 0 aliphatic heterocycles. The number of hydrogen-bond acceptors (Lipinski definition) is 4. The van der Waals surface area contributed by atoms with Crippen LogP contribution < -0.4 is 15.8 Å². The van der Waals surface area contributed by atoms with Gasteiger partial charge in [0.25, 0.3) is 0 Å². The van der Waals surface area contributed by atoms with Crippen LogP contribution in [0.4, 0.5) is 0 Å². The Kier molecular flexibility index (Phi) is 7.95. The van der Waals surface area contributed by atoms with E-state index in [2.05, 4.69) is 10.0 Å². The van der Waals surface area contributed by atoms with Gasteiger partial charge >= 0.3 is 0 Å². The molecule has 0 radical (unpaired) electrons. The first-order valence-corrected chi connectivity index (χ1v) is 9.48. The largest absolute Gasteiger partial charge is 0.352 e. The SMILES string of the molecule is CC(NS(=O)(=O)c1ccc(Cl)cc1)C(=O)NC1CCCC1CN.Cl. The topological polar surface area (TPSA) is 101 Å². The van der Waals surface area contributed by atoms with Crippen molar-refractivity contribution >= 4 is 39.9 Å². The number of benzene rings is 1. The second-order valence-electron chi connectivity index (χ2n) is 5.84. The van der Waals surface area contributed by atoms with Crippen molar-refractivity contribution in [1.29, 1.82) is 0 Å². The lowest BCUT2D eigenvalue weighted by Crippen LogP contribution is -2.49. The van der Waals surface area contributed by atoms with E-state index in [4.69, 9.17) is 17.3 Å². The quantitative estimate of drug-likeness (QED) is 0.681. The molecule has 1 saturated carbocycles. The normalized spacial score (nSPS) is 21.8. The number of amides is 1. The van der Waals surface area contributed by atoms with E-state index in [1.54, 1.807) is 0 Å². The summed E-state index contributed by atoms with van der Waals surface area (Å²) in [5.74, 6) is -0.0769. The Hall–Kier alpha value is -0.860. The zero-order valence-electron chi connectivity index (χ0n) is 13.4. The van der Waals surface area contributed by atoms with Crippen molar-refractivity contribution in [2.24, 2.45) is 11.7 Å². The first-order chi connectivity index (χ1) is 10.8. The number of nitrogens with two attached hydrogens (primary N) is 1. The van der Waals surface area contributed by atoms with E-state index in [0.29, 0.717) is 11.6 Å². The fourth-order valence-corrected chi connectivity index (χ4v) is 4.11. The Morgan fingerprint density at radius 3 is 2.54 bits per heavy atom. The molecule has 0 heterocycles. The molecule has 6 nitrogen and oxygen atoms in total. The summed E-state index contributed by atoms with van der Waals surface area (Å²) in [5, 5.41) is 3.34. The highest BCUT2D eigenvalue weighted by atomic mass is 35.5. The first-order valence-electron chi connectivity index (χ1n) is 7.62. The fourth-order valence-electron chi connectivity index (χ4n) is 2.78. The van der Waals surface area contributed by atoms with E-state index in [1.165, 1.54) is 31.2 Å². The minimum absolute atomic E-state index is 0. The second-order valence-corrected chi connectivity index (χ2v) is 7.99. The third-order valence-electron chi connectivity index (χ3n) is 4.14. The van der Waals surface area contributed by atoms with Gasteiger partial charge in [-0.2, -0.15) is 4.72 Å². The Bertz CT molecular complexity index is 652. The van der Waals surface area contributed by atoms with E-state index < -0.39 is 16.1 Å². The van der Waals surface area contributed by atoms with Gasteiger partial charge < -0.3 is 11.1 Å². The molecular formula is C15H23Cl2N3O3S. The smallest absolute Gasteiger partial charge is 0.241 e. The summed E-state index contributed by atoms with van der Waals surface area (Å²) in [7, 11) is -3.77. The number of carbonyl (C=O) groups excluding carboxylic acids is 1. The molecule has 0 saturated heterocycles. The molecule has 9 heteroatoms. The average molecular weight is 396 g/mol. The van der Waals surface area contributed by atoms with Gasteiger partial charge in [0.15, 0.2) is 0 Å². The Morgan fingerprint density at radius 1 is 1.33 bits per heavy atom. The highest BCUT2D eigenvalue weighted by Crippen LogP contribution is 2.24. The molecule has 24 heavy (non-hydrogen) atoms. The van der Waals surface area contributed by atoms with Crippen LogP contribution in [0.2, 0.25) is 5.02 Å². The molecule has 1 fully saturated rings. The molecule has 1 aromatic carbocycles. The third-order valence-corrected chi connectivity index (χ3v) is 5.95. The molecule has 1 aliphatic rings. The lowest BCUT2D eigenvalue weighted by atomic mass is 10.0. The number of nitrogens with one attached hydrogen (secondary N) is 2. The molecule has 3 atom stereocenters. The Labute approximate surface area is 154 Å². The number of sulfonamides is 1.